The molecular weight excluding hydrogens is 392 g/mol. The molecule has 0 spiro atoms. The van der Waals surface area contributed by atoms with Crippen molar-refractivity contribution in [2.75, 3.05) is 20.3 Å². The molecule has 3 amide bonds. The van der Waals surface area contributed by atoms with E-state index in [4.69, 9.17) is 4.74 Å². The van der Waals surface area contributed by atoms with Crippen LogP contribution in [0.15, 0.2) is 48.5 Å². The van der Waals surface area contributed by atoms with E-state index in [2.05, 4.69) is 10.1 Å². The first kappa shape index (κ1) is 20.7. The quantitative estimate of drug-likeness (QED) is 0.533. The molecule has 0 radical (unpaired) electrons. The Morgan fingerprint density at radius 1 is 0.933 bits per heavy atom. The predicted molar refractivity (Wildman–Crippen MR) is 102 cm³/mol. The molecule has 9 heteroatoms. The van der Waals surface area contributed by atoms with E-state index >= 15 is 0 Å². The summed E-state index contributed by atoms with van der Waals surface area (Å²) < 4.78 is 9.46. The van der Waals surface area contributed by atoms with Gasteiger partial charge in [-0.1, -0.05) is 24.3 Å². The highest BCUT2D eigenvalue weighted by Crippen LogP contribution is 2.22. The number of nitrogens with one attached hydrogen (secondary N) is 1. The van der Waals surface area contributed by atoms with E-state index in [1.54, 1.807) is 36.4 Å². The number of methoxy groups -OCH3 is 1. The zero-order chi connectivity index (χ0) is 21.7. The summed E-state index contributed by atoms with van der Waals surface area (Å²) in [5.41, 5.74) is 1.57. The van der Waals surface area contributed by atoms with Gasteiger partial charge in [0.1, 0.15) is 6.54 Å². The lowest BCUT2D eigenvalue weighted by molar-refractivity contribution is -0.148. The number of imide groups is 1. The molecular formula is C21H18N2O7. The second-order valence-electron chi connectivity index (χ2n) is 6.37. The Labute approximate surface area is 171 Å². The number of nitrogens with zero attached hydrogens (tertiary/aromatic N) is 1. The molecule has 2 aromatic rings. The monoisotopic (exact) mass is 410 g/mol. The number of carbonyl (C=O) groups is 5. The van der Waals surface area contributed by atoms with Crippen LogP contribution < -0.4 is 5.32 Å². The molecule has 2 aromatic carbocycles. The fraction of sp³-hybridized carbons (Fsp3) is 0.190. The maximum atomic E-state index is 12.2. The third kappa shape index (κ3) is 4.52. The molecule has 0 fully saturated rings. The standard InChI is InChI=1S/C21H18N2O7/c1-29-21(28)14-8-6-13(7-9-14)10-22-17(24)12-30-18(25)11-23-19(26)15-4-2-3-5-16(15)20(23)27/h2-9H,10-12H2,1H3,(H,22,24). The predicted octanol–water partition coefficient (Wildman–Crippen LogP) is 0.929. The van der Waals surface area contributed by atoms with E-state index in [0.29, 0.717) is 5.56 Å². The summed E-state index contributed by atoms with van der Waals surface area (Å²) in [4.78, 5) is 60.4. The molecule has 0 saturated carbocycles. The van der Waals surface area contributed by atoms with Crippen LogP contribution in [-0.2, 0) is 25.6 Å². The fourth-order valence-corrected chi connectivity index (χ4v) is 2.83. The van der Waals surface area contributed by atoms with Crippen molar-refractivity contribution in [3.8, 4) is 0 Å². The summed E-state index contributed by atoms with van der Waals surface area (Å²) in [6.07, 6.45) is 0. The van der Waals surface area contributed by atoms with Crippen LogP contribution in [0.3, 0.4) is 0 Å². The van der Waals surface area contributed by atoms with Crippen molar-refractivity contribution in [3.63, 3.8) is 0 Å². The van der Waals surface area contributed by atoms with Gasteiger partial charge in [0.15, 0.2) is 6.61 Å². The summed E-state index contributed by atoms with van der Waals surface area (Å²) in [5, 5.41) is 2.56. The fourth-order valence-electron chi connectivity index (χ4n) is 2.83. The molecule has 154 valence electrons. The van der Waals surface area contributed by atoms with Crippen LogP contribution >= 0.6 is 0 Å². The third-order valence-electron chi connectivity index (χ3n) is 4.39. The van der Waals surface area contributed by atoms with E-state index in [1.807, 2.05) is 0 Å². The van der Waals surface area contributed by atoms with Gasteiger partial charge in [-0.2, -0.15) is 0 Å². The molecule has 0 bridgehead atoms. The summed E-state index contributed by atoms with van der Waals surface area (Å²) in [7, 11) is 1.28. The SMILES string of the molecule is COC(=O)c1ccc(CNC(=O)COC(=O)CN2C(=O)c3ccccc3C2=O)cc1. The van der Waals surface area contributed by atoms with Crippen LogP contribution in [0.25, 0.3) is 0 Å². The molecule has 1 aliphatic rings. The van der Waals surface area contributed by atoms with E-state index in [1.165, 1.54) is 19.2 Å². The van der Waals surface area contributed by atoms with Gasteiger partial charge in [-0.25, -0.2) is 4.79 Å². The first-order valence-electron chi connectivity index (χ1n) is 8.95. The third-order valence-corrected chi connectivity index (χ3v) is 4.39. The van der Waals surface area contributed by atoms with E-state index in [9.17, 15) is 24.0 Å². The number of esters is 2. The molecule has 0 aliphatic carbocycles. The molecule has 30 heavy (non-hydrogen) atoms. The van der Waals surface area contributed by atoms with Gasteiger partial charge in [0.05, 0.1) is 23.8 Å². The highest BCUT2D eigenvalue weighted by Gasteiger charge is 2.36. The van der Waals surface area contributed by atoms with Crippen molar-refractivity contribution in [2.45, 2.75) is 6.54 Å². The zero-order valence-corrected chi connectivity index (χ0v) is 16.0. The second-order valence-corrected chi connectivity index (χ2v) is 6.37. The maximum Gasteiger partial charge on any atom is 0.337 e. The summed E-state index contributed by atoms with van der Waals surface area (Å²) in [5.74, 6) is -3.04. The highest BCUT2D eigenvalue weighted by molar-refractivity contribution is 6.22. The number of ether oxygens (including phenoxy) is 2. The van der Waals surface area contributed by atoms with Crippen LogP contribution in [0, 0.1) is 0 Å². The summed E-state index contributed by atoms with van der Waals surface area (Å²) >= 11 is 0. The van der Waals surface area contributed by atoms with Gasteiger partial charge >= 0.3 is 11.9 Å². The zero-order valence-electron chi connectivity index (χ0n) is 16.0. The first-order valence-corrected chi connectivity index (χ1v) is 8.95. The van der Waals surface area contributed by atoms with Crippen molar-refractivity contribution in [1.82, 2.24) is 10.2 Å². The Bertz CT molecular complexity index is 979. The maximum absolute atomic E-state index is 12.2. The van der Waals surface area contributed by atoms with Crippen molar-refractivity contribution in [2.24, 2.45) is 0 Å². The second kappa shape index (κ2) is 8.99. The number of hydrogen-bond donors (Lipinski definition) is 1. The Kier molecular flexibility index (Phi) is 6.21. The molecule has 3 rings (SSSR count). The Morgan fingerprint density at radius 2 is 1.53 bits per heavy atom. The minimum atomic E-state index is -0.873. The van der Waals surface area contributed by atoms with Gasteiger partial charge in [-0.05, 0) is 29.8 Å². The van der Waals surface area contributed by atoms with Gasteiger partial charge in [0.25, 0.3) is 17.7 Å². The average Bonchev–Trinajstić information content (AvgIpc) is 3.01. The molecule has 1 heterocycles. The average molecular weight is 410 g/mol. The van der Waals surface area contributed by atoms with Crippen molar-refractivity contribution in [1.29, 1.82) is 0 Å². The van der Waals surface area contributed by atoms with Crippen LogP contribution in [0.5, 0.6) is 0 Å². The van der Waals surface area contributed by atoms with Gasteiger partial charge in [-0.15, -0.1) is 0 Å². The van der Waals surface area contributed by atoms with E-state index in [-0.39, 0.29) is 17.7 Å². The van der Waals surface area contributed by atoms with E-state index < -0.39 is 42.8 Å². The van der Waals surface area contributed by atoms with Crippen molar-refractivity contribution >= 4 is 29.7 Å². The Hall–Kier alpha value is -4.01. The molecule has 1 aliphatic heterocycles. The lowest BCUT2D eigenvalue weighted by atomic mass is 10.1. The largest absolute Gasteiger partial charge is 0.465 e. The van der Waals surface area contributed by atoms with Gasteiger partial charge in [-0.3, -0.25) is 24.1 Å². The van der Waals surface area contributed by atoms with Crippen molar-refractivity contribution in [3.05, 3.63) is 70.8 Å². The molecule has 0 unspecified atom stereocenters. The molecule has 0 atom stereocenters. The minimum absolute atomic E-state index is 0.163. The number of amides is 3. The van der Waals surface area contributed by atoms with Gasteiger partial charge in [0.2, 0.25) is 0 Å². The Morgan fingerprint density at radius 3 is 2.10 bits per heavy atom. The van der Waals surface area contributed by atoms with Gasteiger partial charge in [0, 0.05) is 6.54 Å². The molecule has 1 N–H and O–H groups in total. The minimum Gasteiger partial charge on any atom is -0.465 e. The molecule has 0 saturated heterocycles. The lowest BCUT2D eigenvalue weighted by Crippen LogP contribution is -2.37. The number of hydrogen-bond acceptors (Lipinski definition) is 7. The van der Waals surface area contributed by atoms with Crippen LogP contribution in [0.2, 0.25) is 0 Å². The van der Waals surface area contributed by atoms with Gasteiger partial charge < -0.3 is 14.8 Å². The smallest absolute Gasteiger partial charge is 0.337 e. The summed E-state index contributed by atoms with van der Waals surface area (Å²) in [6.45, 7) is -0.965. The van der Waals surface area contributed by atoms with Crippen LogP contribution in [0.1, 0.15) is 36.6 Å². The van der Waals surface area contributed by atoms with E-state index in [0.717, 1.165) is 10.5 Å². The lowest BCUT2D eigenvalue weighted by Gasteiger charge is -2.13. The summed E-state index contributed by atoms with van der Waals surface area (Å²) in [6, 6.07) is 12.7. The number of benzene rings is 2. The first-order chi connectivity index (χ1) is 14.4. The topological polar surface area (TPSA) is 119 Å². The molecule has 0 aromatic heterocycles. The normalized spacial score (nSPS) is 12.4. The Balaban J connectivity index is 1.44. The van der Waals surface area contributed by atoms with Crippen LogP contribution in [-0.4, -0.2) is 54.8 Å². The number of carbonyl (C=O) groups excluding carboxylic acids is 5. The molecule has 9 nitrogen and oxygen atoms in total. The van der Waals surface area contributed by atoms with Crippen molar-refractivity contribution < 1.29 is 33.4 Å². The number of fused-ring (bicyclic) bond motifs is 1. The highest BCUT2D eigenvalue weighted by atomic mass is 16.5. The number of rotatable bonds is 7. The van der Waals surface area contributed by atoms with Crippen LogP contribution in [0.4, 0.5) is 0 Å².